The molecule has 1 aromatic heterocycles. The van der Waals surface area contributed by atoms with Crippen LogP contribution in [0.1, 0.15) is 33.1 Å². The van der Waals surface area contributed by atoms with Crippen molar-refractivity contribution < 1.29 is 4.74 Å². The van der Waals surface area contributed by atoms with Crippen molar-refractivity contribution in [3.63, 3.8) is 0 Å². The molecule has 2 nitrogen and oxygen atoms in total. The fourth-order valence-electron chi connectivity index (χ4n) is 1.99. The molecule has 0 N–H and O–H groups in total. The number of hydrogen-bond donors (Lipinski definition) is 0. The minimum atomic E-state index is -0.160. The molecule has 4 heteroatoms. The van der Waals surface area contributed by atoms with E-state index in [9.17, 15) is 0 Å². The van der Waals surface area contributed by atoms with Crippen LogP contribution in [-0.2, 0) is 0 Å². The number of aromatic nitrogens is 1. The summed E-state index contributed by atoms with van der Waals surface area (Å²) in [5.41, 5.74) is -0.160. The Labute approximate surface area is 106 Å². The van der Waals surface area contributed by atoms with Crippen LogP contribution in [0.25, 0.3) is 0 Å². The van der Waals surface area contributed by atoms with Gasteiger partial charge in [-0.15, -0.1) is 0 Å². The molecule has 1 saturated carbocycles. The molecule has 0 radical (unpaired) electrons. The van der Waals surface area contributed by atoms with Gasteiger partial charge in [-0.1, -0.05) is 29.6 Å². The van der Waals surface area contributed by atoms with Gasteiger partial charge in [-0.05, 0) is 32.6 Å². The predicted molar refractivity (Wildman–Crippen MR) is 66.3 cm³/mol. The summed E-state index contributed by atoms with van der Waals surface area (Å²) in [6.45, 7) is 4.22. The van der Waals surface area contributed by atoms with Gasteiger partial charge in [-0.2, -0.15) is 0 Å². The summed E-state index contributed by atoms with van der Waals surface area (Å²) in [5, 5.41) is 0.735. The van der Waals surface area contributed by atoms with Crippen molar-refractivity contribution in [1.29, 1.82) is 0 Å². The van der Waals surface area contributed by atoms with Gasteiger partial charge < -0.3 is 4.74 Å². The molecule has 0 aromatic carbocycles. The lowest BCUT2D eigenvalue weighted by molar-refractivity contribution is 0.00503. The van der Waals surface area contributed by atoms with Gasteiger partial charge >= 0.3 is 0 Å². The van der Waals surface area contributed by atoms with Crippen LogP contribution >= 0.6 is 23.2 Å². The van der Waals surface area contributed by atoms with E-state index in [2.05, 4.69) is 18.8 Å². The number of halogens is 2. The zero-order chi connectivity index (χ0) is 11.8. The molecule has 0 bridgehead atoms. The number of ether oxygens (including phenoxy) is 1. The Morgan fingerprint density at radius 3 is 2.25 bits per heavy atom. The van der Waals surface area contributed by atoms with Crippen LogP contribution in [-0.4, -0.2) is 10.6 Å². The zero-order valence-corrected chi connectivity index (χ0v) is 11.0. The van der Waals surface area contributed by atoms with E-state index < -0.39 is 0 Å². The molecule has 1 aromatic rings. The Balaban J connectivity index is 2.12. The molecule has 0 spiro atoms. The quantitative estimate of drug-likeness (QED) is 0.754. The zero-order valence-electron chi connectivity index (χ0n) is 9.46. The van der Waals surface area contributed by atoms with Gasteiger partial charge in [0.25, 0.3) is 0 Å². The molecule has 0 atom stereocenters. The normalized spacial score (nSPS) is 17.0. The van der Waals surface area contributed by atoms with Crippen LogP contribution in [0.5, 0.6) is 5.75 Å². The molecule has 0 unspecified atom stereocenters. The van der Waals surface area contributed by atoms with E-state index in [4.69, 9.17) is 27.9 Å². The third-order valence-electron chi connectivity index (χ3n) is 3.21. The first-order chi connectivity index (χ1) is 7.47. The topological polar surface area (TPSA) is 22.1 Å². The van der Waals surface area contributed by atoms with E-state index in [-0.39, 0.29) is 5.60 Å². The van der Waals surface area contributed by atoms with Gasteiger partial charge in [0, 0.05) is 12.1 Å². The minimum Gasteiger partial charge on any atom is -0.487 e. The largest absolute Gasteiger partial charge is 0.487 e. The second kappa shape index (κ2) is 4.42. The third-order valence-corrected chi connectivity index (χ3v) is 3.59. The fourth-order valence-corrected chi connectivity index (χ4v) is 2.43. The molecule has 0 amide bonds. The standard InChI is InChI=1S/C12H15Cl2NO/c1-12(2,8-4-3-5-8)16-9-6-10(13)15-11(14)7-9/h6-8H,3-5H2,1-2H3. The third kappa shape index (κ3) is 2.61. The SMILES string of the molecule is CC(C)(Oc1cc(Cl)nc(Cl)c1)C1CCC1. The van der Waals surface area contributed by atoms with Gasteiger partial charge in [0.2, 0.25) is 0 Å². The van der Waals surface area contributed by atoms with Gasteiger partial charge in [0.05, 0.1) is 0 Å². The summed E-state index contributed by atoms with van der Waals surface area (Å²) in [6.07, 6.45) is 3.77. The highest BCUT2D eigenvalue weighted by atomic mass is 35.5. The lowest BCUT2D eigenvalue weighted by Gasteiger charge is -2.40. The van der Waals surface area contributed by atoms with Crippen LogP contribution < -0.4 is 4.74 Å². The summed E-state index contributed by atoms with van der Waals surface area (Å²) in [6, 6.07) is 3.40. The maximum Gasteiger partial charge on any atom is 0.134 e. The van der Waals surface area contributed by atoms with Crippen LogP contribution in [0, 0.1) is 5.92 Å². The average Bonchev–Trinajstić information content (AvgIpc) is 1.94. The molecule has 0 saturated heterocycles. The van der Waals surface area contributed by atoms with Crippen molar-refractivity contribution in [3.8, 4) is 5.75 Å². The molecule has 16 heavy (non-hydrogen) atoms. The van der Waals surface area contributed by atoms with Crippen LogP contribution in [0.2, 0.25) is 10.3 Å². The van der Waals surface area contributed by atoms with E-state index in [1.165, 1.54) is 19.3 Å². The van der Waals surface area contributed by atoms with Crippen molar-refractivity contribution in [1.82, 2.24) is 4.98 Å². The van der Waals surface area contributed by atoms with Crippen molar-refractivity contribution >= 4 is 23.2 Å². The van der Waals surface area contributed by atoms with E-state index in [1.807, 2.05) is 0 Å². The van der Waals surface area contributed by atoms with Crippen molar-refractivity contribution in [2.75, 3.05) is 0 Å². The van der Waals surface area contributed by atoms with E-state index in [1.54, 1.807) is 12.1 Å². The van der Waals surface area contributed by atoms with E-state index >= 15 is 0 Å². The van der Waals surface area contributed by atoms with Crippen molar-refractivity contribution in [3.05, 3.63) is 22.4 Å². The molecule has 1 aliphatic rings. The average molecular weight is 260 g/mol. The maximum atomic E-state index is 5.96. The monoisotopic (exact) mass is 259 g/mol. The second-order valence-corrected chi connectivity index (χ2v) is 5.56. The van der Waals surface area contributed by atoms with Crippen molar-refractivity contribution in [2.24, 2.45) is 5.92 Å². The second-order valence-electron chi connectivity index (χ2n) is 4.78. The van der Waals surface area contributed by atoms with Gasteiger partial charge in [-0.3, -0.25) is 0 Å². The molecule has 1 fully saturated rings. The Bertz CT molecular complexity index is 368. The van der Waals surface area contributed by atoms with Crippen LogP contribution in [0.3, 0.4) is 0 Å². The Morgan fingerprint density at radius 2 is 1.81 bits per heavy atom. The number of rotatable bonds is 3. The van der Waals surface area contributed by atoms with Crippen LogP contribution in [0.4, 0.5) is 0 Å². The van der Waals surface area contributed by atoms with Gasteiger partial charge in [-0.25, -0.2) is 4.98 Å². The first kappa shape index (κ1) is 12.0. The summed E-state index contributed by atoms with van der Waals surface area (Å²) >= 11 is 11.7. The number of pyridine rings is 1. The number of hydrogen-bond acceptors (Lipinski definition) is 2. The highest BCUT2D eigenvalue weighted by molar-refractivity contribution is 6.32. The highest BCUT2D eigenvalue weighted by Crippen LogP contribution is 2.39. The van der Waals surface area contributed by atoms with Gasteiger partial charge in [0.1, 0.15) is 21.7 Å². The molecule has 0 aliphatic heterocycles. The first-order valence-corrected chi connectivity index (χ1v) is 6.25. The number of nitrogens with zero attached hydrogens (tertiary/aromatic N) is 1. The summed E-state index contributed by atoms with van der Waals surface area (Å²) in [7, 11) is 0. The Hall–Kier alpha value is -0.470. The van der Waals surface area contributed by atoms with E-state index in [0.29, 0.717) is 22.0 Å². The lowest BCUT2D eigenvalue weighted by atomic mass is 9.74. The first-order valence-electron chi connectivity index (χ1n) is 5.49. The molecule has 1 heterocycles. The molecule has 1 aliphatic carbocycles. The summed E-state index contributed by atoms with van der Waals surface area (Å²) in [5.74, 6) is 1.32. The van der Waals surface area contributed by atoms with Gasteiger partial charge in [0.15, 0.2) is 0 Å². The maximum absolute atomic E-state index is 5.96. The predicted octanol–water partition coefficient (Wildman–Crippen LogP) is 4.35. The smallest absolute Gasteiger partial charge is 0.134 e. The Morgan fingerprint density at radius 1 is 1.25 bits per heavy atom. The molecule has 2 rings (SSSR count). The molecule has 88 valence electrons. The Kier molecular flexibility index (Phi) is 3.32. The van der Waals surface area contributed by atoms with Crippen molar-refractivity contribution in [2.45, 2.75) is 38.7 Å². The van der Waals surface area contributed by atoms with E-state index in [0.717, 1.165) is 0 Å². The molecular formula is C12H15Cl2NO. The lowest BCUT2D eigenvalue weighted by Crippen LogP contribution is -2.41. The summed E-state index contributed by atoms with van der Waals surface area (Å²) in [4.78, 5) is 3.89. The minimum absolute atomic E-state index is 0.160. The molecular weight excluding hydrogens is 245 g/mol. The summed E-state index contributed by atoms with van der Waals surface area (Å²) < 4.78 is 5.96. The van der Waals surface area contributed by atoms with Crippen LogP contribution in [0.15, 0.2) is 12.1 Å². The highest BCUT2D eigenvalue weighted by Gasteiger charge is 2.35. The fraction of sp³-hybridized carbons (Fsp3) is 0.583.